The predicted octanol–water partition coefficient (Wildman–Crippen LogP) is 2.38. The molecule has 0 atom stereocenters. The second kappa shape index (κ2) is 5.40. The molecular formula is C12H9ClN4O3S. The highest BCUT2D eigenvalue weighted by molar-refractivity contribution is 7.20. The number of methoxy groups -OCH3 is 1. The van der Waals surface area contributed by atoms with Crippen LogP contribution in [0.2, 0.25) is 5.15 Å². The van der Waals surface area contributed by atoms with Crippen LogP contribution in [0.3, 0.4) is 0 Å². The zero-order valence-corrected chi connectivity index (χ0v) is 12.4. The third-order valence-electron chi connectivity index (χ3n) is 2.76. The molecular weight excluding hydrogens is 316 g/mol. The molecule has 0 saturated heterocycles. The van der Waals surface area contributed by atoms with Gasteiger partial charge in [-0.25, -0.2) is 9.48 Å². The normalized spacial score (nSPS) is 11.1. The lowest BCUT2D eigenvalue weighted by molar-refractivity contribution is 0.0702. The third kappa shape index (κ3) is 2.48. The predicted molar refractivity (Wildman–Crippen MR) is 77.2 cm³/mol. The Balaban J connectivity index is 2.21. The van der Waals surface area contributed by atoms with Gasteiger partial charge < -0.3 is 9.84 Å². The molecule has 3 heterocycles. The Kier molecular flexibility index (Phi) is 3.58. The zero-order valence-electron chi connectivity index (χ0n) is 10.8. The molecule has 9 heteroatoms. The molecule has 0 fully saturated rings. The number of nitrogens with zero attached hydrogens (tertiary/aromatic N) is 4. The van der Waals surface area contributed by atoms with Gasteiger partial charge in [-0.15, -0.1) is 21.5 Å². The third-order valence-corrected chi connectivity index (χ3v) is 4.06. The molecule has 3 rings (SSSR count). The van der Waals surface area contributed by atoms with Crippen molar-refractivity contribution in [2.24, 2.45) is 0 Å². The number of rotatable bonds is 4. The van der Waals surface area contributed by atoms with Crippen LogP contribution in [0.15, 0.2) is 18.2 Å². The van der Waals surface area contributed by atoms with Crippen molar-refractivity contribution in [2.45, 2.75) is 6.61 Å². The van der Waals surface area contributed by atoms with Crippen molar-refractivity contribution >= 4 is 39.1 Å². The van der Waals surface area contributed by atoms with Gasteiger partial charge in [-0.2, -0.15) is 5.10 Å². The highest BCUT2D eigenvalue weighted by atomic mass is 35.5. The van der Waals surface area contributed by atoms with E-state index in [4.69, 9.17) is 21.4 Å². The van der Waals surface area contributed by atoms with Crippen molar-refractivity contribution in [3.05, 3.63) is 33.9 Å². The summed E-state index contributed by atoms with van der Waals surface area (Å²) < 4.78 is 6.64. The number of hydrogen-bond donors (Lipinski definition) is 1. The second-order valence-corrected chi connectivity index (χ2v) is 5.56. The number of ether oxygens (including phenoxy) is 1. The lowest BCUT2D eigenvalue weighted by Crippen LogP contribution is -2.01. The molecule has 0 unspecified atom stereocenters. The minimum atomic E-state index is -0.978. The Morgan fingerprint density at radius 1 is 1.48 bits per heavy atom. The number of fused-ring (bicyclic) bond motifs is 1. The maximum absolute atomic E-state index is 11.1. The SMILES string of the molecule is COCc1nn(-c2ccc(Cl)nn2)c2sc(C(=O)O)cc12. The lowest BCUT2D eigenvalue weighted by atomic mass is 10.3. The number of aromatic carboxylic acids is 1. The molecule has 0 aromatic carbocycles. The quantitative estimate of drug-likeness (QED) is 0.792. The van der Waals surface area contributed by atoms with Gasteiger partial charge in [0.2, 0.25) is 0 Å². The van der Waals surface area contributed by atoms with Gasteiger partial charge in [-0.1, -0.05) is 11.6 Å². The van der Waals surface area contributed by atoms with Crippen LogP contribution < -0.4 is 0 Å². The van der Waals surface area contributed by atoms with Gasteiger partial charge in [0, 0.05) is 12.5 Å². The van der Waals surface area contributed by atoms with Crippen LogP contribution in [-0.4, -0.2) is 38.2 Å². The molecule has 0 saturated carbocycles. The topological polar surface area (TPSA) is 90.1 Å². The number of carbonyl (C=O) groups is 1. The van der Waals surface area contributed by atoms with Gasteiger partial charge >= 0.3 is 5.97 Å². The Bertz CT molecular complexity index is 812. The number of hydrogen-bond acceptors (Lipinski definition) is 6. The number of carboxylic acids is 1. The van der Waals surface area contributed by atoms with E-state index in [0.29, 0.717) is 16.3 Å². The summed E-state index contributed by atoms with van der Waals surface area (Å²) in [5.41, 5.74) is 0.646. The molecule has 0 aliphatic rings. The summed E-state index contributed by atoms with van der Waals surface area (Å²) in [5.74, 6) is -0.515. The van der Waals surface area contributed by atoms with Gasteiger partial charge in [-0.3, -0.25) is 0 Å². The standard InChI is InChI=1S/C12H9ClN4O3S/c1-20-5-7-6-4-8(12(18)19)21-11(6)17(16-7)10-3-2-9(13)14-15-10/h2-4H,5H2,1H3,(H,18,19). The van der Waals surface area contributed by atoms with Gasteiger partial charge in [0.05, 0.1) is 12.3 Å². The van der Waals surface area contributed by atoms with Crippen molar-refractivity contribution in [3.8, 4) is 5.82 Å². The van der Waals surface area contributed by atoms with Crippen LogP contribution in [0.25, 0.3) is 16.0 Å². The van der Waals surface area contributed by atoms with Crippen LogP contribution in [0.5, 0.6) is 0 Å². The van der Waals surface area contributed by atoms with E-state index in [2.05, 4.69) is 15.3 Å². The maximum Gasteiger partial charge on any atom is 0.345 e. The van der Waals surface area contributed by atoms with Crippen LogP contribution in [0, 0.1) is 0 Å². The first kappa shape index (κ1) is 13.9. The van der Waals surface area contributed by atoms with E-state index in [-0.39, 0.29) is 16.6 Å². The number of thiophene rings is 1. The summed E-state index contributed by atoms with van der Waals surface area (Å²) in [7, 11) is 1.55. The molecule has 21 heavy (non-hydrogen) atoms. The monoisotopic (exact) mass is 324 g/mol. The molecule has 0 aliphatic heterocycles. The fourth-order valence-corrected chi connectivity index (χ4v) is 2.97. The summed E-state index contributed by atoms with van der Waals surface area (Å²) in [6.45, 7) is 0.278. The van der Waals surface area contributed by atoms with E-state index in [1.54, 1.807) is 30.0 Å². The summed E-state index contributed by atoms with van der Waals surface area (Å²) in [5, 5.41) is 22.3. The van der Waals surface area contributed by atoms with Crippen LogP contribution >= 0.6 is 22.9 Å². The largest absolute Gasteiger partial charge is 0.477 e. The minimum absolute atomic E-state index is 0.232. The molecule has 0 radical (unpaired) electrons. The van der Waals surface area contributed by atoms with E-state index >= 15 is 0 Å². The summed E-state index contributed by atoms with van der Waals surface area (Å²) >= 11 is 6.84. The van der Waals surface area contributed by atoms with Gasteiger partial charge in [0.25, 0.3) is 0 Å². The molecule has 0 aliphatic carbocycles. The number of halogens is 1. The second-order valence-electron chi connectivity index (χ2n) is 4.14. The fraction of sp³-hybridized carbons (Fsp3) is 0.167. The van der Waals surface area contributed by atoms with E-state index in [9.17, 15) is 4.79 Å². The Morgan fingerprint density at radius 3 is 2.90 bits per heavy atom. The van der Waals surface area contributed by atoms with Crippen molar-refractivity contribution in [1.82, 2.24) is 20.0 Å². The summed E-state index contributed by atoms with van der Waals surface area (Å²) in [4.78, 5) is 12.0. The molecule has 1 N–H and O–H groups in total. The average Bonchev–Trinajstić information content (AvgIpc) is 3.01. The molecule has 7 nitrogen and oxygen atoms in total. The smallest absolute Gasteiger partial charge is 0.345 e. The van der Waals surface area contributed by atoms with Crippen molar-refractivity contribution in [2.75, 3.05) is 7.11 Å². The van der Waals surface area contributed by atoms with Gasteiger partial charge in [-0.05, 0) is 18.2 Å². The summed E-state index contributed by atoms with van der Waals surface area (Å²) in [6.07, 6.45) is 0. The number of aromatic nitrogens is 4. The van der Waals surface area contributed by atoms with Crippen molar-refractivity contribution in [1.29, 1.82) is 0 Å². The molecule has 0 amide bonds. The van der Waals surface area contributed by atoms with E-state index < -0.39 is 5.97 Å². The van der Waals surface area contributed by atoms with Crippen molar-refractivity contribution < 1.29 is 14.6 Å². The van der Waals surface area contributed by atoms with E-state index in [1.165, 1.54) is 0 Å². The van der Waals surface area contributed by atoms with Gasteiger partial charge in [0.1, 0.15) is 9.71 Å². The molecule has 3 aromatic rings. The average molecular weight is 325 g/mol. The van der Waals surface area contributed by atoms with Crippen molar-refractivity contribution in [3.63, 3.8) is 0 Å². The molecule has 3 aromatic heterocycles. The fourth-order valence-electron chi connectivity index (χ4n) is 1.89. The summed E-state index contributed by atoms with van der Waals surface area (Å²) in [6, 6.07) is 4.85. The Labute approximate surface area is 127 Å². The van der Waals surface area contributed by atoms with Gasteiger partial charge in [0.15, 0.2) is 11.0 Å². The molecule has 108 valence electrons. The molecule has 0 bridgehead atoms. The Morgan fingerprint density at radius 2 is 2.29 bits per heavy atom. The van der Waals surface area contributed by atoms with Crippen LogP contribution in [-0.2, 0) is 11.3 Å². The first-order valence-corrected chi connectivity index (χ1v) is 7.03. The highest BCUT2D eigenvalue weighted by Crippen LogP contribution is 2.30. The van der Waals surface area contributed by atoms with Crippen LogP contribution in [0.4, 0.5) is 0 Å². The van der Waals surface area contributed by atoms with E-state index in [0.717, 1.165) is 16.7 Å². The highest BCUT2D eigenvalue weighted by Gasteiger charge is 2.19. The van der Waals surface area contributed by atoms with E-state index in [1.807, 2.05) is 0 Å². The molecule has 0 spiro atoms. The Hall–Kier alpha value is -2.03. The first-order valence-electron chi connectivity index (χ1n) is 5.83. The lowest BCUT2D eigenvalue weighted by Gasteiger charge is -1.99. The minimum Gasteiger partial charge on any atom is -0.477 e. The first-order chi connectivity index (χ1) is 10.1. The maximum atomic E-state index is 11.1. The zero-order chi connectivity index (χ0) is 15.0. The number of carboxylic acid groups (broad SMARTS) is 1. The van der Waals surface area contributed by atoms with Crippen LogP contribution in [0.1, 0.15) is 15.4 Å².